The van der Waals surface area contributed by atoms with Crippen LogP contribution in [0.5, 0.6) is 17.4 Å². The number of nitro benzene ring substituents is 1. The van der Waals surface area contributed by atoms with Crippen LogP contribution in [0.2, 0.25) is 5.02 Å². The maximum atomic E-state index is 12.9. The molecule has 10 nitrogen and oxygen atoms in total. The third kappa shape index (κ3) is 5.10. The molecule has 2 aromatic rings. The van der Waals surface area contributed by atoms with E-state index in [-0.39, 0.29) is 5.75 Å². The van der Waals surface area contributed by atoms with E-state index in [2.05, 4.69) is 5.10 Å². The number of aromatic nitrogens is 2. The molecule has 2 N–H and O–H groups in total. The highest BCUT2D eigenvalue weighted by Crippen LogP contribution is 2.42. The number of halogens is 4. The average Bonchev–Trinajstić information content (AvgIpc) is 2.78. The maximum absolute atomic E-state index is 12.9. The van der Waals surface area contributed by atoms with Crippen molar-refractivity contribution in [3.63, 3.8) is 0 Å². The molecular formula is C12H10ClF3N3O7P. The quantitative estimate of drug-likeness (QED) is 0.404. The third-order valence-corrected chi connectivity index (χ3v) is 3.77. The summed E-state index contributed by atoms with van der Waals surface area (Å²) in [5.74, 6) is -1.44. The van der Waals surface area contributed by atoms with Crippen LogP contribution >= 0.6 is 19.2 Å². The Morgan fingerprint density at radius 3 is 2.52 bits per heavy atom. The fourth-order valence-electron chi connectivity index (χ4n) is 1.94. The number of hydrogen-bond acceptors (Lipinski definition) is 6. The van der Waals surface area contributed by atoms with Gasteiger partial charge in [0, 0.05) is 19.2 Å². The predicted octanol–water partition coefficient (Wildman–Crippen LogP) is 3.31. The first-order valence-corrected chi connectivity index (χ1v) is 8.90. The minimum absolute atomic E-state index is 0.255. The van der Waals surface area contributed by atoms with Gasteiger partial charge in [0.1, 0.15) is 10.8 Å². The van der Waals surface area contributed by atoms with E-state index < -0.39 is 53.1 Å². The first-order valence-electron chi connectivity index (χ1n) is 6.73. The Morgan fingerprint density at radius 1 is 1.41 bits per heavy atom. The summed E-state index contributed by atoms with van der Waals surface area (Å²) in [5, 5.41) is 13.6. The second kappa shape index (κ2) is 7.35. The van der Waals surface area contributed by atoms with Crippen LogP contribution in [-0.4, -0.2) is 30.8 Å². The van der Waals surface area contributed by atoms with Gasteiger partial charge in [0.05, 0.1) is 4.92 Å². The molecule has 0 bridgehead atoms. The lowest BCUT2D eigenvalue weighted by molar-refractivity contribution is -0.385. The van der Waals surface area contributed by atoms with Gasteiger partial charge < -0.3 is 19.3 Å². The maximum Gasteiger partial charge on any atom is 0.434 e. The van der Waals surface area contributed by atoms with Crippen LogP contribution in [0.1, 0.15) is 5.69 Å². The Balaban J connectivity index is 2.38. The number of hydrogen-bond donors (Lipinski definition) is 2. The van der Waals surface area contributed by atoms with Gasteiger partial charge in [0.2, 0.25) is 5.75 Å². The minimum Gasteiger partial charge on any atom is -0.474 e. The van der Waals surface area contributed by atoms with E-state index in [0.29, 0.717) is 4.68 Å². The molecule has 148 valence electrons. The molecule has 0 amide bonds. The molecule has 27 heavy (non-hydrogen) atoms. The van der Waals surface area contributed by atoms with Crippen molar-refractivity contribution in [1.82, 2.24) is 9.78 Å². The van der Waals surface area contributed by atoms with E-state index in [4.69, 9.17) is 30.9 Å². The van der Waals surface area contributed by atoms with E-state index in [9.17, 15) is 27.9 Å². The van der Waals surface area contributed by atoms with Crippen molar-refractivity contribution >= 4 is 24.9 Å². The standard InChI is InChI=1S/C12H10ClF3N3O7P/c1-18-10(12(14,15)16)9(13)11(17-18)26-6-2-3-7(19(20)21)8(4-6)25-5-27(22,23)24/h2-4H,5H2,1H3,(H2,22,23,24). The van der Waals surface area contributed by atoms with Crippen molar-refractivity contribution in [2.45, 2.75) is 6.18 Å². The first-order chi connectivity index (χ1) is 12.3. The summed E-state index contributed by atoms with van der Waals surface area (Å²) >= 11 is 5.64. The molecular weight excluding hydrogens is 422 g/mol. The largest absolute Gasteiger partial charge is 0.474 e. The lowest BCUT2D eigenvalue weighted by Gasteiger charge is -2.10. The molecule has 0 saturated heterocycles. The molecule has 1 heterocycles. The Kier molecular flexibility index (Phi) is 5.71. The minimum atomic E-state index is -4.80. The molecule has 0 saturated carbocycles. The topological polar surface area (TPSA) is 137 Å². The molecule has 15 heteroatoms. The Hall–Kier alpha value is -2.34. The lowest BCUT2D eigenvalue weighted by Crippen LogP contribution is -2.12. The number of benzene rings is 1. The van der Waals surface area contributed by atoms with Crippen molar-refractivity contribution in [3.05, 3.63) is 39.0 Å². The van der Waals surface area contributed by atoms with Gasteiger partial charge in [-0.15, -0.1) is 5.10 Å². The number of alkyl halides is 3. The van der Waals surface area contributed by atoms with Crippen molar-refractivity contribution in [2.75, 3.05) is 6.35 Å². The average molecular weight is 432 g/mol. The Morgan fingerprint density at radius 2 is 2.04 bits per heavy atom. The van der Waals surface area contributed by atoms with Crippen molar-refractivity contribution in [2.24, 2.45) is 7.05 Å². The summed E-state index contributed by atoms with van der Waals surface area (Å²) in [5.41, 5.74) is -1.90. The van der Waals surface area contributed by atoms with Gasteiger partial charge in [-0.1, -0.05) is 11.6 Å². The van der Waals surface area contributed by atoms with Gasteiger partial charge in [-0.05, 0) is 6.07 Å². The predicted molar refractivity (Wildman–Crippen MR) is 83.9 cm³/mol. The van der Waals surface area contributed by atoms with Crippen molar-refractivity contribution < 1.29 is 41.9 Å². The van der Waals surface area contributed by atoms with Gasteiger partial charge in [0.15, 0.2) is 12.0 Å². The van der Waals surface area contributed by atoms with Crippen molar-refractivity contribution in [1.29, 1.82) is 0 Å². The summed E-state index contributed by atoms with van der Waals surface area (Å²) < 4.78 is 59.9. The summed E-state index contributed by atoms with van der Waals surface area (Å²) in [4.78, 5) is 27.7. The van der Waals surface area contributed by atoms with E-state index >= 15 is 0 Å². The monoisotopic (exact) mass is 431 g/mol. The molecule has 0 spiro atoms. The van der Waals surface area contributed by atoms with Crippen molar-refractivity contribution in [3.8, 4) is 17.4 Å². The Labute approximate surface area is 153 Å². The molecule has 0 fully saturated rings. The number of rotatable bonds is 6. The first kappa shape index (κ1) is 21.0. The van der Waals surface area contributed by atoms with Crippen LogP contribution in [0.3, 0.4) is 0 Å². The molecule has 1 aromatic heterocycles. The Bertz CT molecular complexity index is 928. The molecule has 0 aliphatic rings. The van der Waals surface area contributed by atoms with Crippen LogP contribution in [0.4, 0.5) is 18.9 Å². The van der Waals surface area contributed by atoms with E-state index in [0.717, 1.165) is 25.2 Å². The fraction of sp³-hybridized carbons (Fsp3) is 0.250. The van der Waals surface area contributed by atoms with Crippen LogP contribution in [-0.2, 0) is 17.8 Å². The normalized spacial score (nSPS) is 12.1. The highest BCUT2D eigenvalue weighted by Gasteiger charge is 2.39. The zero-order valence-corrected chi connectivity index (χ0v) is 14.8. The molecule has 0 aliphatic heterocycles. The summed E-state index contributed by atoms with van der Waals surface area (Å²) in [7, 11) is -3.65. The zero-order valence-electron chi connectivity index (χ0n) is 13.2. The second-order valence-corrected chi connectivity index (χ2v) is 6.98. The molecule has 1 aromatic carbocycles. The number of nitrogens with zero attached hydrogens (tertiary/aromatic N) is 3. The van der Waals surface area contributed by atoms with Gasteiger partial charge in [-0.2, -0.15) is 13.2 Å². The van der Waals surface area contributed by atoms with Crippen LogP contribution < -0.4 is 9.47 Å². The zero-order chi connectivity index (χ0) is 20.6. The SMILES string of the molecule is Cn1nc(Oc2ccc([N+](=O)[O-])c(OCP(=O)(O)O)c2)c(Cl)c1C(F)(F)F. The molecule has 0 aliphatic carbocycles. The smallest absolute Gasteiger partial charge is 0.434 e. The number of aryl methyl sites for hydroxylation is 1. The number of nitro groups is 1. The van der Waals surface area contributed by atoms with Gasteiger partial charge >= 0.3 is 19.5 Å². The van der Waals surface area contributed by atoms with E-state index in [1.165, 1.54) is 0 Å². The second-order valence-electron chi connectivity index (χ2n) is 5.02. The highest BCUT2D eigenvalue weighted by molar-refractivity contribution is 7.51. The highest BCUT2D eigenvalue weighted by atomic mass is 35.5. The molecule has 0 unspecified atom stereocenters. The summed E-state index contributed by atoms with van der Waals surface area (Å²) in [6.45, 7) is 0. The molecule has 0 atom stereocenters. The fourth-order valence-corrected chi connectivity index (χ4v) is 2.55. The third-order valence-electron chi connectivity index (χ3n) is 2.96. The lowest BCUT2D eigenvalue weighted by atomic mass is 10.3. The molecule has 2 rings (SSSR count). The van der Waals surface area contributed by atoms with Gasteiger partial charge in [-0.3, -0.25) is 19.4 Å². The van der Waals surface area contributed by atoms with Gasteiger partial charge in [0.25, 0.3) is 5.88 Å². The number of ether oxygens (including phenoxy) is 2. The van der Waals surface area contributed by atoms with Crippen LogP contribution in [0, 0.1) is 10.1 Å². The summed E-state index contributed by atoms with van der Waals surface area (Å²) in [6, 6.07) is 2.78. The van der Waals surface area contributed by atoms with Crippen LogP contribution in [0.15, 0.2) is 18.2 Å². The van der Waals surface area contributed by atoms with Crippen LogP contribution in [0.25, 0.3) is 0 Å². The van der Waals surface area contributed by atoms with E-state index in [1.54, 1.807) is 0 Å². The summed E-state index contributed by atoms with van der Waals surface area (Å²) in [6.07, 6.45) is -5.95. The molecule has 0 radical (unpaired) electrons. The van der Waals surface area contributed by atoms with Gasteiger partial charge in [-0.25, -0.2) is 0 Å². The van der Waals surface area contributed by atoms with E-state index in [1.807, 2.05) is 0 Å².